The average Bonchev–Trinajstić information content (AvgIpc) is 2.89. The number of terminal acetylenes is 1. The maximum Gasteiger partial charge on any atom is 0.408 e. The second kappa shape index (κ2) is 17.6. The molecule has 4 amide bonds. The Morgan fingerprint density at radius 3 is 2.24 bits per heavy atom. The van der Waals surface area contributed by atoms with Gasteiger partial charge in [-0.05, 0) is 58.2 Å². The van der Waals surface area contributed by atoms with Crippen molar-refractivity contribution in [2.75, 3.05) is 19.7 Å². The van der Waals surface area contributed by atoms with Crippen molar-refractivity contribution in [3.8, 4) is 12.3 Å². The van der Waals surface area contributed by atoms with Gasteiger partial charge in [0.15, 0.2) is 0 Å². The van der Waals surface area contributed by atoms with Crippen LogP contribution in [0.15, 0.2) is 24.3 Å². The first-order chi connectivity index (χ1) is 19.3. The fourth-order valence-electron chi connectivity index (χ4n) is 3.94. The molecule has 4 N–H and O–H groups in total. The van der Waals surface area contributed by atoms with E-state index < -0.39 is 47.5 Å². The number of esters is 1. The molecule has 1 aromatic rings. The summed E-state index contributed by atoms with van der Waals surface area (Å²) in [5.41, 5.74) is 5.59. The van der Waals surface area contributed by atoms with Crippen LogP contribution in [0.4, 0.5) is 4.79 Å². The first-order valence-corrected chi connectivity index (χ1v) is 13.9. The zero-order valence-corrected chi connectivity index (χ0v) is 24.8. The first kappa shape index (κ1) is 35.0. The van der Waals surface area contributed by atoms with E-state index >= 15 is 0 Å². The molecular weight excluding hydrogens is 528 g/mol. The molecule has 0 fully saturated rings. The number of ether oxygens (including phenoxy) is 2. The summed E-state index contributed by atoms with van der Waals surface area (Å²) in [4.78, 5) is 65.2. The molecule has 0 aliphatic rings. The number of carbonyl (C=O) groups excluding carboxylic acids is 5. The fourth-order valence-corrected chi connectivity index (χ4v) is 3.94. The van der Waals surface area contributed by atoms with Gasteiger partial charge in [0.25, 0.3) is 0 Å². The molecule has 41 heavy (non-hydrogen) atoms. The minimum absolute atomic E-state index is 0.00510. The van der Waals surface area contributed by atoms with Gasteiger partial charge in [0.1, 0.15) is 17.7 Å². The second-order valence-corrected chi connectivity index (χ2v) is 10.5. The number of carbonyl (C=O) groups is 5. The first-order valence-electron chi connectivity index (χ1n) is 13.9. The molecule has 2 unspecified atom stereocenters. The molecule has 1 rings (SSSR count). The Morgan fingerprint density at radius 2 is 1.71 bits per heavy atom. The van der Waals surface area contributed by atoms with Crippen molar-refractivity contribution >= 4 is 29.8 Å². The van der Waals surface area contributed by atoms with Gasteiger partial charge in [0.05, 0.1) is 13.0 Å². The summed E-state index contributed by atoms with van der Waals surface area (Å²) in [6, 6.07) is 4.32. The minimum Gasteiger partial charge on any atom is -0.466 e. The van der Waals surface area contributed by atoms with Crippen LogP contribution in [0, 0.1) is 12.3 Å². The van der Waals surface area contributed by atoms with Crippen LogP contribution in [0.2, 0.25) is 0 Å². The van der Waals surface area contributed by atoms with Gasteiger partial charge in [-0.1, -0.05) is 37.8 Å². The molecule has 1 aromatic carbocycles. The van der Waals surface area contributed by atoms with Crippen molar-refractivity contribution in [2.45, 2.75) is 90.8 Å². The smallest absolute Gasteiger partial charge is 0.408 e. The number of nitrogens with zero attached hydrogens (tertiary/aromatic N) is 1. The Hall–Kier alpha value is -4.07. The van der Waals surface area contributed by atoms with Crippen LogP contribution in [-0.2, 0) is 28.7 Å². The molecule has 0 spiro atoms. The van der Waals surface area contributed by atoms with Crippen LogP contribution in [-0.4, -0.2) is 66.0 Å². The number of nitrogens with one attached hydrogen (secondary N) is 2. The molecule has 11 nitrogen and oxygen atoms in total. The van der Waals surface area contributed by atoms with Gasteiger partial charge in [-0.25, -0.2) is 4.79 Å². The van der Waals surface area contributed by atoms with E-state index in [1.54, 1.807) is 52.0 Å². The number of alkyl carbamates (subject to hydrolysis) is 1. The number of amides is 4. The third kappa shape index (κ3) is 13.2. The van der Waals surface area contributed by atoms with Crippen LogP contribution in [0.5, 0.6) is 0 Å². The summed E-state index contributed by atoms with van der Waals surface area (Å²) in [6.07, 6.45) is 6.55. The summed E-state index contributed by atoms with van der Waals surface area (Å²) in [5, 5.41) is 5.28. The number of hydrogen-bond donors (Lipinski definition) is 3. The highest BCUT2D eigenvalue weighted by Gasteiger charge is 2.36. The van der Waals surface area contributed by atoms with E-state index in [4.69, 9.17) is 21.6 Å². The molecule has 226 valence electrons. The van der Waals surface area contributed by atoms with E-state index in [0.717, 1.165) is 12.8 Å². The SMILES string of the molecule is C#Cc1ccc(C(C(=O)NCCC(=O)OCC)N(CCCCC)C(=O)C(CCC(N)=O)NC(=O)OC(C)(C)C)cc1. The van der Waals surface area contributed by atoms with Gasteiger partial charge >= 0.3 is 12.1 Å². The second-order valence-electron chi connectivity index (χ2n) is 10.5. The van der Waals surface area contributed by atoms with Crippen molar-refractivity contribution in [2.24, 2.45) is 5.73 Å². The maximum atomic E-state index is 14.1. The van der Waals surface area contributed by atoms with Crippen molar-refractivity contribution in [1.82, 2.24) is 15.5 Å². The third-order valence-electron chi connectivity index (χ3n) is 5.84. The number of benzene rings is 1. The van der Waals surface area contributed by atoms with Gasteiger partial charge in [-0.15, -0.1) is 6.42 Å². The molecule has 0 aromatic heterocycles. The number of nitrogens with two attached hydrogens (primary N) is 1. The van der Waals surface area contributed by atoms with Crippen molar-refractivity contribution < 1.29 is 33.4 Å². The van der Waals surface area contributed by atoms with Crippen LogP contribution < -0.4 is 16.4 Å². The van der Waals surface area contributed by atoms with Gasteiger partial charge in [0, 0.05) is 25.1 Å². The predicted octanol–water partition coefficient (Wildman–Crippen LogP) is 2.96. The van der Waals surface area contributed by atoms with Gasteiger partial charge in [-0.3, -0.25) is 19.2 Å². The number of rotatable bonds is 16. The highest BCUT2D eigenvalue weighted by atomic mass is 16.6. The summed E-state index contributed by atoms with van der Waals surface area (Å²) >= 11 is 0. The molecule has 0 saturated carbocycles. The standard InChI is InChI=1S/C30H44N4O7/c1-7-10-11-20-34(28(38)23(16-17-24(31)35)33-29(39)41-30(4,5)6)26(22-14-12-21(8-2)13-15-22)27(37)32-19-18-25(36)40-9-3/h2,12-15,23,26H,7,9-11,16-20H2,1,3-6H3,(H2,31,35)(H,32,37)(H,33,39). The van der Waals surface area contributed by atoms with E-state index in [2.05, 4.69) is 16.6 Å². The molecule has 2 atom stereocenters. The Morgan fingerprint density at radius 1 is 1.05 bits per heavy atom. The molecule has 0 aliphatic heterocycles. The lowest BCUT2D eigenvalue weighted by Gasteiger charge is -2.34. The summed E-state index contributed by atoms with van der Waals surface area (Å²) in [5.74, 6) is 0.296. The number of hydrogen-bond acceptors (Lipinski definition) is 7. The normalized spacial score (nSPS) is 12.3. The van der Waals surface area contributed by atoms with E-state index in [1.807, 2.05) is 6.92 Å². The zero-order valence-electron chi connectivity index (χ0n) is 24.8. The third-order valence-corrected chi connectivity index (χ3v) is 5.84. The predicted molar refractivity (Wildman–Crippen MR) is 154 cm³/mol. The lowest BCUT2D eigenvalue weighted by molar-refractivity contribution is -0.144. The molecule has 0 heterocycles. The number of unbranched alkanes of at least 4 members (excludes halogenated alkanes) is 2. The largest absolute Gasteiger partial charge is 0.466 e. The Labute approximate surface area is 242 Å². The Balaban J connectivity index is 3.48. The molecular formula is C30H44N4O7. The topological polar surface area (TPSA) is 157 Å². The lowest BCUT2D eigenvalue weighted by atomic mass is 9.99. The van der Waals surface area contributed by atoms with E-state index in [1.165, 1.54) is 4.90 Å². The van der Waals surface area contributed by atoms with Crippen molar-refractivity contribution in [3.63, 3.8) is 0 Å². The van der Waals surface area contributed by atoms with E-state index in [0.29, 0.717) is 17.5 Å². The van der Waals surface area contributed by atoms with Crippen LogP contribution in [0.25, 0.3) is 0 Å². The highest BCUT2D eigenvalue weighted by molar-refractivity contribution is 5.92. The van der Waals surface area contributed by atoms with Crippen LogP contribution in [0.3, 0.4) is 0 Å². The fraction of sp³-hybridized carbons (Fsp3) is 0.567. The van der Waals surface area contributed by atoms with Crippen molar-refractivity contribution in [1.29, 1.82) is 0 Å². The summed E-state index contributed by atoms with van der Waals surface area (Å²) in [6.45, 7) is 9.13. The Bertz CT molecular complexity index is 1070. The quantitative estimate of drug-likeness (QED) is 0.156. The number of primary amides is 1. The van der Waals surface area contributed by atoms with Gasteiger partial charge in [-0.2, -0.15) is 0 Å². The monoisotopic (exact) mass is 572 g/mol. The van der Waals surface area contributed by atoms with Gasteiger partial charge < -0.3 is 30.7 Å². The molecule has 0 aliphatic carbocycles. The van der Waals surface area contributed by atoms with E-state index in [-0.39, 0.29) is 39.0 Å². The lowest BCUT2D eigenvalue weighted by Crippen LogP contribution is -2.53. The van der Waals surface area contributed by atoms with Crippen LogP contribution in [0.1, 0.15) is 90.3 Å². The minimum atomic E-state index is -1.20. The van der Waals surface area contributed by atoms with E-state index in [9.17, 15) is 24.0 Å². The van der Waals surface area contributed by atoms with Crippen molar-refractivity contribution in [3.05, 3.63) is 35.4 Å². The van der Waals surface area contributed by atoms with Gasteiger partial charge in [0.2, 0.25) is 17.7 Å². The summed E-state index contributed by atoms with van der Waals surface area (Å²) < 4.78 is 10.3. The highest BCUT2D eigenvalue weighted by Crippen LogP contribution is 2.25. The average molecular weight is 573 g/mol. The summed E-state index contributed by atoms with van der Waals surface area (Å²) in [7, 11) is 0. The van der Waals surface area contributed by atoms with Crippen LogP contribution >= 0.6 is 0 Å². The molecule has 11 heteroatoms. The molecule has 0 saturated heterocycles. The maximum absolute atomic E-state index is 14.1. The molecule has 0 radical (unpaired) electrons. The Kier molecular flexibility index (Phi) is 15.0. The molecule has 0 bridgehead atoms. The zero-order chi connectivity index (χ0) is 31.0.